The summed E-state index contributed by atoms with van der Waals surface area (Å²) in [6.45, 7) is 1.91. The smallest absolute Gasteiger partial charge is 0.175 e. The van der Waals surface area contributed by atoms with E-state index in [1.165, 1.54) is 0 Å². The predicted octanol–water partition coefficient (Wildman–Crippen LogP) is 1.89. The Balaban J connectivity index is 2.96. The van der Waals surface area contributed by atoms with E-state index in [4.69, 9.17) is 11.6 Å². The molecular weight excluding hydrogens is 194 g/mol. The lowest BCUT2D eigenvalue weighted by molar-refractivity contribution is 0.587. The molecule has 1 N–H and O–H groups in total. The molecule has 0 aromatic heterocycles. The van der Waals surface area contributed by atoms with Gasteiger partial charge in [0.1, 0.15) is 0 Å². The third-order valence-corrected chi connectivity index (χ3v) is 3.00. The summed E-state index contributed by atoms with van der Waals surface area (Å²) >= 11 is 4.71. The molecule has 1 unspecified atom stereocenters. The van der Waals surface area contributed by atoms with E-state index in [2.05, 4.69) is 4.72 Å². The van der Waals surface area contributed by atoms with E-state index in [0.29, 0.717) is 9.92 Å². The first kappa shape index (κ1) is 9.86. The van der Waals surface area contributed by atoms with Crippen LogP contribution in [0.3, 0.4) is 0 Å². The van der Waals surface area contributed by atoms with Crippen molar-refractivity contribution in [3.05, 3.63) is 28.8 Å². The zero-order valence-corrected chi connectivity index (χ0v) is 8.50. The van der Waals surface area contributed by atoms with E-state index in [9.17, 15) is 4.55 Å². The molecule has 0 saturated heterocycles. The second-order valence-electron chi connectivity index (χ2n) is 2.38. The Morgan fingerprint density at radius 2 is 2.17 bits per heavy atom. The molecule has 66 valence electrons. The Hall–Kier alpha value is -0.220. The van der Waals surface area contributed by atoms with Crippen molar-refractivity contribution in [1.82, 2.24) is 4.72 Å². The summed E-state index contributed by atoms with van der Waals surface area (Å²) in [5.41, 5.74) is 0.994. The molecule has 0 aliphatic heterocycles. The molecule has 4 heteroatoms. The van der Waals surface area contributed by atoms with E-state index in [0.717, 1.165) is 5.56 Å². The summed E-state index contributed by atoms with van der Waals surface area (Å²) in [6, 6.07) is 5.37. The first-order valence-electron chi connectivity index (χ1n) is 3.50. The lowest BCUT2D eigenvalue weighted by Crippen LogP contribution is -2.18. The van der Waals surface area contributed by atoms with Gasteiger partial charge < -0.3 is 4.55 Å². The van der Waals surface area contributed by atoms with Crippen molar-refractivity contribution in [2.75, 3.05) is 7.05 Å². The van der Waals surface area contributed by atoms with Gasteiger partial charge in [0.25, 0.3) is 0 Å². The van der Waals surface area contributed by atoms with Crippen LogP contribution in [-0.2, 0) is 11.4 Å². The average Bonchev–Trinajstić information content (AvgIpc) is 2.08. The van der Waals surface area contributed by atoms with E-state index in [1.54, 1.807) is 19.2 Å². The van der Waals surface area contributed by atoms with Gasteiger partial charge in [0, 0.05) is 18.1 Å². The molecule has 1 aromatic carbocycles. The number of aryl methyl sites for hydroxylation is 1. The minimum absolute atomic E-state index is 0.649. The highest BCUT2D eigenvalue weighted by atomic mass is 35.5. The van der Waals surface area contributed by atoms with E-state index in [1.807, 2.05) is 13.0 Å². The quantitative estimate of drug-likeness (QED) is 0.746. The van der Waals surface area contributed by atoms with Gasteiger partial charge in [-0.15, -0.1) is 4.72 Å². The molecule has 0 heterocycles. The van der Waals surface area contributed by atoms with E-state index in [-0.39, 0.29) is 0 Å². The van der Waals surface area contributed by atoms with Gasteiger partial charge in [0.15, 0.2) is 4.90 Å². The van der Waals surface area contributed by atoms with Crippen LogP contribution in [0.25, 0.3) is 0 Å². The largest absolute Gasteiger partial charge is 0.593 e. The highest BCUT2D eigenvalue weighted by Gasteiger charge is 2.09. The minimum Gasteiger partial charge on any atom is -0.593 e. The molecule has 0 spiro atoms. The van der Waals surface area contributed by atoms with Gasteiger partial charge in [-0.05, 0) is 18.6 Å². The standard InChI is InChI=1S/C8H10ClNOS/c1-6-3-4-7(5-8(6)9)12(11)10-2/h3-5,10H,1-2H3. The number of halogens is 1. The molecule has 0 amide bonds. The zero-order valence-electron chi connectivity index (χ0n) is 6.93. The second-order valence-corrected chi connectivity index (χ2v) is 4.21. The molecule has 0 aliphatic rings. The van der Waals surface area contributed by atoms with Gasteiger partial charge in [-0.2, -0.15) is 0 Å². The van der Waals surface area contributed by atoms with Crippen LogP contribution in [0.5, 0.6) is 0 Å². The van der Waals surface area contributed by atoms with Crippen LogP contribution < -0.4 is 4.72 Å². The van der Waals surface area contributed by atoms with Gasteiger partial charge >= 0.3 is 0 Å². The monoisotopic (exact) mass is 203 g/mol. The summed E-state index contributed by atoms with van der Waals surface area (Å²) in [5, 5.41) is 0.649. The van der Waals surface area contributed by atoms with Gasteiger partial charge in [0.05, 0.1) is 11.4 Å². The fourth-order valence-electron chi connectivity index (χ4n) is 0.807. The van der Waals surface area contributed by atoms with Crippen LogP contribution in [-0.4, -0.2) is 11.6 Å². The lowest BCUT2D eigenvalue weighted by atomic mass is 10.2. The van der Waals surface area contributed by atoms with Crippen molar-refractivity contribution < 1.29 is 4.55 Å². The SMILES string of the molecule is CN[S+]([O-])c1ccc(C)c(Cl)c1. The molecule has 0 saturated carbocycles. The van der Waals surface area contributed by atoms with Crippen LogP contribution in [0.1, 0.15) is 5.56 Å². The van der Waals surface area contributed by atoms with E-state index >= 15 is 0 Å². The van der Waals surface area contributed by atoms with E-state index < -0.39 is 11.4 Å². The van der Waals surface area contributed by atoms with Crippen molar-refractivity contribution in [3.63, 3.8) is 0 Å². The van der Waals surface area contributed by atoms with Crippen LogP contribution >= 0.6 is 11.6 Å². The Kier molecular flexibility index (Phi) is 3.40. The highest BCUT2D eigenvalue weighted by molar-refractivity contribution is 7.89. The molecule has 1 atom stereocenters. The molecule has 1 aromatic rings. The summed E-state index contributed by atoms with van der Waals surface area (Å²) < 4.78 is 13.9. The zero-order chi connectivity index (χ0) is 9.14. The number of hydrogen-bond donors (Lipinski definition) is 1. The van der Waals surface area contributed by atoms with Crippen LogP contribution in [0, 0.1) is 6.92 Å². The Morgan fingerprint density at radius 3 is 2.67 bits per heavy atom. The molecular formula is C8H10ClNOS. The van der Waals surface area contributed by atoms with Crippen molar-refractivity contribution in [3.8, 4) is 0 Å². The molecule has 1 rings (SSSR count). The predicted molar refractivity (Wildman–Crippen MR) is 51.7 cm³/mol. The van der Waals surface area contributed by atoms with Crippen molar-refractivity contribution >= 4 is 23.0 Å². The van der Waals surface area contributed by atoms with Gasteiger partial charge in [0.2, 0.25) is 0 Å². The molecule has 0 fully saturated rings. The van der Waals surface area contributed by atoms with Crippen LogP contribution in [0.4, 0.5) is 0 Å². The van der Waals surface area contributed by atoms with Gasteiger partial charge in [-0.3, -0.25) is 0 Å². The van der Waals surface area contributed by atoms with Gasteiger partial charge in [-0.1, -0.05) is 17.7 Å². The highest BCUT2D eigenvalue weighted by Crippen LogP contribution is 2.19. The normalized spacial score (nSPS) is 13.0. The topological polar surface area (TPSA) is 35.1 Å². The summed E-state index contributed by atoms with van der Waals surface area (Å²) in [7, 11) is 1.64. The molecule has 0 aliphatic carbocycles. The fraction of sp³-hybridized carbons (Fsp3) is 0.250. The molecule has 0 radical (unpaired) electrons. The maximum absolute atomic E-state index is 11.2. The summed E-state index contributed by atoms with van der Waals surface area (Å²) in [4.78, 5) is 0.702. The van der Waals surface area contributed by atoms with Crippen LogP contribution in [0.2, 0.25) is 5.02 Å². The molecule has 0 bridgehead atoms. The number of benzene rings is 1. The Morgan fingerprint density at radius 1 is 1.50 bits per heavy atom. The summed E-state index contributed by atoms with van der Waals surface area (Å²) in [5.74, 6) is 0. The third-order valence-electron chi connectivity index (χ3n) is 1.54. The molecule has 12 heavy (non-hydrogen) atoms. The van der Waals surface area contributed by atoms with Crippen molar-refractivity contribution in [1.29, 1.82) is 0 Å². The lowest BCUT2D eigenvalue weighted by Gasteiger charge is -2.07. The average molecular weight is 204 g/mol. The maximum Gasteiger partial charge on any atom is 0.175 e. The minimum atomic E-state index is -1.14. The van der Waals surface area contributed by atoms with Crippen molar-refractivity contribution in [2.45, 2.75) is 11.8 Å². The Labute approximate surface area is 80.2 Å². The number of rotatable bonds is 2. The first-order valence-corrected chi connectivity index (χ1v) is 5.03. The summed E-state index contributed by atoms with van der Waals surface area (Å²) in [6.07, 6.45) is 0. The van der Waals surface area contributed by atoms with Crippen molar-refractivity contribution in [2.24, 2.45) is 0 Å². The first-order chi connectivity index (χ1) is 5.65. The number of hydrogen-bond acceptors (Lipinski definition) is 2. The second kappa shape index (κ2) is 4.14. The van der Waals surface area contributed by atoms with Crippen LogP contribution in [0.15, 0.2) is 23.1 Å². The molecule has 2 nitrogen and oxygen atoms in total. The fourth-order valence-corrected chi connectivity index (χ4v) is 1.70. The Bertz CT molecular complexity index is 280. The van der Waals surface area contributed by atoms with Gasteiger partial charge in [-0.25, -0.2) is 0 Å². The number of nitrogens with one attached hydrogen (secondary N) is 1. The maximum atomic E-state index is 11.2. The third kappa shape index (κ3) is 2.14.